The highest BCUT2D eigenvalue weighted by molar-refractivity contribution is 7.99. The maximum atomic E-state index is 14.3. The molecule has 232 valence electrons. The molecule has 0 radical (unpaired) electrons. The quantitative estimate of drug-likeness (QED) is 0.199. The maximum Gasteiger partial charge on any atom is 0.408 e. The number of ether oxygens (including phenoxy) is 1. The van der Waals surface area contributed by atoms with Crippen LogP contribution >= 0.6 is 11.8 Å². The van der Waals surface area contributed by atoms with Crippen LogP contribution in [0.3, 0.4) is 0 Å². The molecule has 10 nitrogen and oxygen atoms in total. The van der Waals surface area contributed by atoms with Crippen molar-refractivity contribution in [2.45, 2.75) is 55.9 Å². The molecule has 4 atom stereocenters. The minimum atomic E-state index is -1.78. The van der Waals surface area contributed by atoms with Crippen LogP contribution in [0.4, 0.5) is 4.79 Å². The molecule has 0 spiro atoms. The van der Waals surface area contributed by atoms with Crippen LogP contribution in [0.1, 0.15) is 41.3 Å². The molecule has 1 heterocycles. The molecule has 0 aliphatic carbocycles. The molecule has 11 heteroatoms. The molecule has 4 rings (SSSR count). The summed E-state index contributed by atoms with van der Waals surface area (Å²) in [6.07, 6.45) is 0.0135. The van der Waals surface area contributed by atoms with Gasteiger partial charge in [0.2, 0.25) is 11.8 Å². The molecule has 3 unspecified atom stereocenters. The van der Waals surface area contributed by atoms with E-state index in [-0.39, 0.29) is 12.4 Å². The number of aliphatic hydroxyl groups excluding tert-OH is 1. The first-order chi connectivity index (χ1) is 21.3. The Hall–Kier alpha value is -4.35. The van der Waals surface area contributed by atoms with Crippen molar-refractivity contribution in [1.82, 2.24) is 15.5 Å². The van der Waals surface area contributed by atoms with Gasteiger partial charge in [0.05, 0.1) is 6.54 Å². The van der Waals surface area contributed by atoms with Crippen LogP contribution in [0.2, 0.25) is 0 Å². The van der Waals surface area contributed by atoms with Gasteiger partial charge >= 0.3 is 12.1 Å². The van der Waals surface area contributed by atoms with E-state index in [1.807, 2.05) is 91.0 Å². The zero-order valence-electron chi connectivity index (χ0n) is 24.2. The molecular formula is C33H37N3O7S. The van der Waals surface area contributed by atoms with Crippen LogP contribution in [-0.4, -0.2) is 69.5 Å². The first kappa shape index (κ1) is 32.6. The van der Waals surface area contributed by atoms with Gasteiger partial charge in [-0.15, -0.1) is 11.8 Å². The summed E-state index contributed by atoms with van der Waals surface area (Å²) in [5, 5.41) is 23.4. The molecule has 1 saturated heterocycles. The summed E-state index contributed by atoms with van der Waals surface area (Å²) >= 11 is 1.40. The number of nitrogens with one attached hydrogen (secondary N) is 2. The fraction of sp³-hybridized carbons (Fsp3) is 0.333. The number of unbranched alkanes of at least 4 members (excludes halogenated alkanes) is 1. The van der Waals surface area contributed by atoms with Crippen LogP contribution in [0.5, 0.6) is 0 Å². The maximum absolute atomic E-state index is 14.3. The number of aliphatic hydroxyl groups is 1. The second-order valence-electron chi connectivity index (χ2n) is 10.4. The Morgan fingerprint density at radius 2 is 1.50 bits per heavy atom. The lowest BCUT2D eigenvalue weighted by Gasteiger charge is -2.32. The van der Waals surface area contributed by atoms with Crippen molar-refractivity contribution in [2.75, 3.05) is 12.3 Å². The van der Waals surface area contributed by atoms with Crippen molar-refractivity contribution >= 4 is 35.6 Å². The molecule has 0 bridgehead atoms. The normalized spacial score (nSPS) is 17.3. The number of aryl methyl sites for hydroxylation is 1. The minimum absolute atomic E-state index is 0.0325. The Bertz CT molecular complexity index is 1380. The predicted molar refractivity (Wildman–Crippen MR) is 166 cm³/mol. The number of hydrogen-bond donors (Lipinski definition) is 4. The van der Waals surface area contributed by atoms with E-state index in [0.717, 1.165) is 24.0 Å². The second kappa shape index (κ2) is 16.5. The Labute approximate surface area is 260 Å². The number of thioether (sulfide) groups is 1. The number of carbonyl (C=O) groups excluding carboxylic acids is 3. The van der Waals surface area contributed by atoms with E-state index >= 15 is 0 Å². The highest BCUT2D eigenvalue weighted by Crippen LogP contribution is 2.42. The average molecular weight is 620 g/mol. The van der Waals surface area contributed by atoms with Gasteiger partial charge in [0.15, 0.2) is 6.10 Å². The van der Waals surface area contributed by atoms with E-state index in [1.54, 1.807) is 0 Å². The number of benzene rings is 3. The molecule has 44 heavy (non-hydrogen) atoms. The van der Waals surface area contributed by atoms with Gasteiger partial charge in [-0.05, 0) is 36.0 Å². The van der Waals surface area contributed by atoms with Gasteiger partial charge in [-0.2, -0.15) is 0 Å². The molecule has 0 aromatic heterocycles. The topological polar surface area (TPSA) is 145 Å². The fourth-order valence-corrected chi connectivity index (χ4v) is 6.36. The Kier molecular flexibility index (Phi) is 12.2. The predicted octanol–water partition coefficient (Wildman–Crippen LogP) is 3.90. The SMILES string of the molecule is O=C(NC(CCCCc1ccccc1)C(=O)N1C(c2ccccc2)SC[C@H]1C(=O)NCC(O)C(=O)O)OCc1ccccc1. The number of amides is 3. The number of alkyl carbamates (subject to hydrolysis) is 1. The fourth-order valence-electron chi connectivity index (χ4n) is 4.92. The lowest BCUT2D eigenvalue weighted by Crippen LogP contribution is -2.55. The minimum Gasteiger partial charge on any atom is -0.479 e. The highest BCUT2D eigenvalue weighted by Gasteiger charge is 2.44. The molecule has 3 aromatic rings. The third-order valence-corrected chi connectivity index (χ3v) is 8.57. The smallest absolute Gasteiger partial charge is 0.408 e. The molecule has 1 aliphatic heterocycles. The summed E-state index contributed by atoms with van der Waals surface area (Å²) in [7, 11) is 0. The first-order valence-electron chi connectivity index (χ1n) is 14.5. The van der Waals surface area contributed by atoms with E-state index in [0.29, 0.717) is 12.8 Å². The van der Waals surface area contributed by atoms with E-state index < -0.39 is 54.0 Å². The lowest BCUT2D eigenvalue weighted by molar-refractivity contribution is -0.147. The van der Waals surface area contributed by atoms with Crippen molar-refractivity contribution in [3.63, 3.8) is 0 Å². The Balaban J connectivity index is 1.52. The molecule has 1 aliphatic rings. The van der Waals surface area contributed by atoms with E-state index in [4.69, 9.17) is 9.84 Å². The Morgan fingerprint density at radius 1 is 0.886 bits per heavy atom. The van der Waals surface area contributed by atoms with Crippen LogP contribution < -0.4 is 10.6 Å². The van der Waals surface area contributed by atoms with Crippen LogP contribution in [-0.2, 0) is 32.1 Å². The van der Waals surface area contributed by atoms with Gasteiger partial charge in [-0.1, -0.05) is 97.4 Å². The number of nitrogens with zero attached hydrogens (tertiary/aromatic N) is 1. The average Bonchev–Trinajstić information content (AvgIpc) is 3.50. The Morgan fingerprint density at radius 3 is 2.14 bits per heavy atom. The molecule has 0 saturated carbocycles. The number of carbonyl (C=O) groups is 4. The number of carboxylic acid groups (broad SMARTS) is 1. The van der Waals surface area contributed by atoms with Gasteiger partial charge in [0.25, 0.3) is 0 Å². The summed E-state index contributed by atoms with van der Waals surface area (Å²) in [5.41, 5.74) is 2.78. The van der Waals surface area contributed by atoms with Gasteiger partial charge in [-0.3, -0.25) is 9.59 Å². The molecule has 1 fully saturated rings. The third-order valence-electron chi connectivity index (χ3n) is 7.25. The summed E-state index contributed by atoms with van der Waals surface area (Å²) < 4.78 is 5.43. The summed E-state index contributed by atoms with van der Waals surface area (Å²) in [6.45, 7) is -0.467. The number of hydrogen-bond acceptors (Lipinski definition) is 7. The van der Waals surface area contributed by atoms with Crippen LogP contribution in [0.15, 0.2) is 91.0 Å². The van der Waals surface area contributed by atoms with E-state index in [9.17, 15) is 24.3 Å². The van der Waals surface area contributed by atoms with Gasteiger partial charge in [0, 0.05) is 5.75 Å². The van der Waals surface area contributed by atoms with Crippen molar-refractivity contribution in [2.24, 2.45) is 0 Å². The summed E-state index contributed by atoms with van der Waals surface area (Å²) in [6, 6.07) is 26.5. The monoisotopic (exact) mass is 619 g/mol. The highest BCUT2D eigenvalue weighted by atomic mass is 32.2. The van der Waals surface area contributed by atoms with E-state index in [2.05, 4.69) is 10.6 Å². The van der Waals surface area contributed by atoms with Crippen molar-refractivity contribution in [1.29, 1.82) is 0 Å². The van der Waals surface area contributed by atoms with Gasteiger partial charge in [0.1, 0.15) is 24.1 Å². The summed E-state index contributed by atoms with van der Waals surface area (Å²) in [5.74, 6) is -2.24. The lowest BCUT2D eigenvalue weighted by atomic mass is 10.0. The molecule has 3 amide bonds. The second-order valence-corrected chi connectivity index (χ2v) is 11.6. The largest absolute Gasteiger partial charge is 0.479 e. The van der Waals surface area contributed by atoms with Crippen molar-refractivity contribution in [3.8, 4) is 0 Å². The molecular weight excluding hydrogens is 582 g/mol. The standard InChI is InChI=1S/C33H37N3O7S/c37-28(32(40)41)20-34-29(38)27-22-44-31(25-17-8-3-9-18-25)36(27)30(39)26(19-11-10-14-23-12-4-1-5-13-23)35-33(42)43-21-24-15-6-2-7-16-24/h1-9,12-13,15-18,26-28,31,37H,10-11,14,19-22H2,(H,34,38)(H,35,42)(H,40,41)/t26?,27-,28?,31?/m0/s1. The van der Waals surface area contributed by atoms with Crippen LogP contribution in [0.25, 0.3) is 0 Å². The van der Waals surface area contributed by atoms with Crippen molar-refractivity contribution in [3.05, 3.63) is 108 Å². The summed E-state index contributed by atoms with van der Waals surface area (Å²) in [4.78, 5) is 53.0. The third kappa shape index (κ3) is 9.32. The number of aliphatic carboxylic acids is 1. The van der Waals surface area contributed by atoms with Crippen LogP contribution in [0, 0.1) is 0 Å². The number of carboxylic acids is 1. The molecule has 3 aromatic carbocycles. The van der Waals surface area contributed by atoms with E-state index in [1.165, 1.54) is 22.2 Å². The zero-order valence-corrected chi connectivity index (χ0v) is 25.0. The van der Waals surface area contributed by atoms with Gasteiger partial charge in [-0.25, -0.2) is 9.59 Å². The van der Waals surface area contributed by atoms with Crippen molar-refractivity contribution < 1.29 is 34.1 Å². The number of rotatable bonds is 14. The van der Waals surface area contributed by atoms with Gasteiger partial charge < -0.3 is 30.5 Å². The first-order valence-corrected chi connectivity index (χ1v) is 15.6. The molecule has 4 N–H and O–H groups in total. The zero-order chi connectivity index (χ0) is 31.3.